The van der Waals surface area contributed by atoms with Gasteiger partial charge in [0.15, 0.2) is 5.82 Å². The molecule has 0 saturated carbocycles. The topological polar surface area (TPSA) is 53.6 Å². The second-order valence-electron chi connectivity index (χ2n) is 5.12. The van der Waals surface area contributed by atoms with Gasteiger partial charge in [0.25, 0.3) is 0 Å². The van der Waals surface area contributed by atoms with Gasteiger partial charge in [0, 0.05) is 12.3 Å². The highest BCUT2D eigenvalue weighted by Gasteiger charge is 2.18. The summed E-state index contributed by atoms with van der Waals surface area (Å²) >= 11 is 0. The van der Waals surface area contributed by atoms with Crippen molar-refractivity contribution in [2.45, 2.75) is 45.4 Å². The van der Waals surface area contributed by atoms with Crippen LogP contribution < -0.4 is 5.32 Å². The maximum atomic E-state index is 4.62. The number of aromatic nitrogens is 3. The summed E-state index contributed by atoms with van der Waals surface area (Å²) in [7, 11) is 0. The van der Waals surface area contributed by atoms with E-state index >= 15 is 0 Å². The molecular formula is C12H22N4. The maximum absolute atomic E-state index is 4.62. The summed E-state index contributed by atoms with van der Waals surface area (Å²) in [5.41, 5.74) is 0. The Morgan fingerprint density at radius 1 is 1.31 bits per heavy atom. The van der Waals surface area contributed by atoms with Crippen LogP contribution in [0.4, 0.5) is 0 Å². The molecule has 16 heavy (non-hydrogen) atoms. The SMILES string of the molecule is CC(C)Cc1nc(C2CCCNCC2)n[nH]1. The Kier molecular flexibility index (Phi) is 3.93. The van der Waals surface area contributed by atoms with Crippen LogP contribution in [0.3, 0.4) is 0 Å². The first-order chi connectivity index (χ1) is 7.75. The zero-order chi connectivity index (χ0) is 11.4. The number of hydrogen-bond donors (Lipinski definition) is 2. The first kappa shape index (κ1) is 11.6. The minimum absolute atomic E-state index is 0.548. The predicted molar refractivity (Wildman–Crippen MR) is 64.4 cm³/mol. The van der Waals surface area contributed by atoms with E-state index in [1.54, 1.807) is 0 Å². The van der Waals surface area contributed by atoms with Gasteiger partial charge in [-0.3, -0.25) is 5.10 Å². The second-order valence-corrected chi connectivity index (χ2v) is 5.12. The number of H-pyrrole nitrogens is 1. The average Bonchev–Trinajstić information content (AvgIpc) is 2.53. The average molecular weight is 222 g/mol. The molecule has 1 saturated heterocycles. The van der Waals surface area contributed by atoms with Crippen LogP contribution in [0.2, 0.25) is 0 Å². The summed E-state index contributed by atoms with van der Waals surface area (Å²) in [6.07, 6.45) is 4.61. The molecule has 1 fully saturated rings. The molecule has 0 spiro atoms. The van der Waals surface area contributed by atoms with E-state index in [1.807, 2.05) is 0 Å². The molecule has 2 rings (SSSR count). The highest BCUT2D eigenvalue weighted by Crippen LogP contribution is 2.23. The third-order valence-electron chi connectivity index (χ3n) is 3.09. The monoisotopic (exact) mass is 222 g/mol. The fraction of sp³-hybridized carbons (Fsp3) is 0.833. The van der Waals surface area contributed by atoms with Crippen LogP contribution in [0.15, 0.2) is 0 Å². The Balaban J connectivity index is 1.99. The van der Waals surface area contributed by atoms with Crippen molar-refractivity contribution in [3.05, 3.63) is 11.6 Å². The first-order valence-corrected chi connectivity index (χ1v) is 6.37. The predicted octanol–water partition coefficient (Wildman–Crippen LogP) is 1.86. The number of nitrogens with one attached hydrogen (secondary N) is 2. The molecule has 2 N–H and O–H groups in total. The summed E-state index contributed by atoms with van der Waals surface area (Å²) in [5.74, 6) is 3.25. The highest BCUT2D eigenvalue weighted by atomic mass is 15.2. The molecule has 1 aliphatic heterocycles. The van der Waals surface area contributed by atoms with Crippen molar-refractivity contribution in [1.29, 1.82) is 0 Å². The van der Waals surface area contributed by atoms with Crippen LogP contribution in [0.1, 0.15) is 50.7 Å². The smallest absolute Gasteiger partial charge is 0.153 e. The molecule has 1 aliphatic rings. The summed E-state index contributed by atoms with van der Waals surface area (Å²) in [6.45, 7) is 6.65. The molecule has 0 radical (unpaired) electrons. The van der Waals surface area contributed by atoms with Crippen molar-refractivity contribution < 1.29 is 0 Å². The van der Waals surface area contributed by atoms with E-state index in [2.05, 4.69) is 34.3 Å². The summed E-state index contributed by atoms with van der Waals surface area (Å²) in [6, 6.07) is 0. The molecular weight excluding hydrogens is 200 g/mol. The molecule has 1 unspecified atom stereocenters. The molecule has 0 amide bonds. The Morgan fingerprint density at radius 2 is 2.19 bits per heavy atom. The molecule has 1 atom stereocenters. The minimum atomic E-state index is 0.548. The zero-order valence-corrected chi connectivity index (χ0v) is 10.3. The third-order valence-corrected chi connectivity index (χ3v) is 3.09. The second kappa shape index (κ2) is 5.43. The lowest BCUT2D eigenvalue weighted by Crippen LogP contribution is -2.14. The van der Waals surface area contributed by atoms with Gasteiger partial charge in [-0.1, -0.05) is 13.8 Å². The molecule has 1 aromatic heterocycles. The quantitative estimate of drug-likeness (QED) is 0.820. The van der Waals surface area contributed by atoms with Crippen molar-refractivity contribution in [3.8, 4) is 0 Å². The van der Waals surface area contributed by atoms with E-state index in [1.165, 1.54) is 19.3 Å². The molecule has 0 aromatic carbocycles. The standard InChI is InChI=1S/C12H22N4/c1-9(2)8-11-14-12(16-15-11)10-4-3-6-13-7-5-10/h9-10,13H,3-8H2,1-2H3,(H,14,15,16). The highest BCUT2D eigenvalue weighted by molar-refractivity contribution is 4.99. The lowest BCUT2D eigenvalue weighted by Gasteiger charge is -2.07. The zero-order valence-electron chi connectivity index (χ0n) is 10.3. The van der Waals surface area contributed by atoms with E-state index in [0.717, 1.165) is 31.2 Å². The van der Waals surface area contributed by atoms with Gasteiger partial charge in [0.05, 0.1) is 0 Å². The van der Waals surface area contributed by atoms with Crippen LogP contribution in [0, 0.1) is 5.92 Å². The Bertz CT molecular complexity index is 311. The van der Waals surface area contributed by atoms with Crippen molar-refractivity contribution in [2.75, 3.05) is 13.1 Å². The maximum Gasteiger partial charge on any atom is 0.153 e. The van der Waals surface area contributed by atoms with Gasteiger partial charge in [-0.05, 0) is 38.3 Å². The first-order valence-electron chi connectivity index (χ1n) is 6.37. The minimum Gasteiger partial charge on any atom is -0.317 e. The van der Waals surface area contributed by atoms with Crippen LogP contribution in [0.5, 0.6) is 0 Å². The number of rotatable bonds is 3. The largest absolute Gasteiger partial charge is 0.317 e. The van der Waals surface area contributed by atoms with Crippen molar-refractivity contribution >= 4 is 0 Å². The van der Waals surface area contributed by atoms with E-state index in [4.69, 9.17) is 0 Å². The van der Waals surface area contributed by atoms with E-state index in [9.17, 15) is 0 Å². The van der Waals surface area contributed by atoms with Crippen molar-refractivity contribution in [1.82, 2.24) is 20.5 Å². The summed E-state index contributed by atoms with van der Waals surface area (Å²) in [5, 5.41) is 10.9. The lowest BCUT2D eigenvalue weighted by atomic mass is 10.0. The summed E-state index contributed by atoms with van der Waals surface area (Å²) in [4.78, 5) is 4.62. The van der Waals surface area contributed by atoms with Gasteiger partial charge < -0.3 is 5.32 Å². The Morgan fingerprint density at radius 3 is 3.00 bits per heavy atom. The van der Waals surface area contributed by atoms with Crippen LogP contribution in [-0.4, -0.2) is 28.3 Å². The van der Waals surface area contributed by atoms with Gasteiger partial charge in [-0.2, -0.15) is 5.10 Å². The Labute approximate surface area is 97.2 Å². The molecule has 4 nitrogen and oxygen atoms in total. The summed E-state index contributed by atoms with van der Waals surface area (Å²) < 4.78 is 0. The molecule has 90 valence electrons. The molecule has 1 aromatic rings. The number of nitrogens with zero attached hydrogens (tertiary/aromatic N) is 2. The fourth-order valence-electron chi connectivity index (χ4n) is 2.25. The number of aromatic amines is 1. The molecule has 4 heteroatoms. The van der Waals surface area contributed by atoms with Gasteiger partial charge >= 0.3 is 0 Å². The number of hydrogen-bond acceptors (Lipinski definition) is 3. The molecule has 0 bridgehead atoms. The fourth-order valence-corrected chi connectivity index (χ4v) is 2.25. The Hall–Kier alpha value is -0.900. The molecule has 0 aliphatic carbocycles. The van der Waals surface area contributed by atoms with E-state index < -0.39 is 0 Å². The van der Waals surface area contributed by atoms with Gasteiger partial charge in [-0.15, -0.1) is 0 Å². The normalized spacial score (nSPS) is 22.3. The van der Waals surface area contributed by atoms with Gasteiger partial charge in [0.2, 0.25) is 0 Å². The lowest BCUT2D eigenvalue weighted by molar-refractivity contribution is 0.575. The van der Waals surface area contributed by atoms with Crippen LogP contribution in [0.25, 0.3) is 0 Å². The third kappa shape index (κ3) is 3.04. The van der Waals surface area contributed by atoms with Gasteiger partial charge in [-0.25, -0.2) is 4.98 Å². The van der Waals surface area contributed by atoms with Crippen molar-refractivity contribution in [3.63, 3.8) is 0 Å². The van der Waals surface area contributed by atoms with E-state index in [-0.39, 0.29) is 0 Å². The van der Waals surface area contributed by atoms with Crippen molar-refractivity contribution in [2.24, 2.45) is 5.92 Å². The van der Waals surface area contributed by atoms with Gasteiger partial charge in [0.1, 0.15) is 5.82 Å². The van der Waals surface area contributed by atoms with Crippen LogP contribution >= 0.6 is 0 Å². The molecule has 2 heterocycles. The van der Waals surface area contributed by atoms with E-state index in [0.29, 0.717) is 11.8 Å². The van der Waals surface area contributed by atoms with Crippen LogP contribution in [-0.2, 0) is 6.42 Å².